The number of hydrogen-bond donors (Lipinski definition) is 2. The highest BCUT2D eigenvalue weighted by Crippen LogP contribution is 2.33. The van der Waals surface area contributed by atoms with Crippen LogP contribution in [-0.4, -0.2) is 30.1 Å². The van der Waals surface area contributed by atoms with Gasteiger partial charge in [0.1, 0.15) is 6.04 Å². The summed E-state index contributed by atoms with van der Waals surface area (Å²) in [7, 11) is 1.44. The first kappa shape index (κ1) is 14.5. The van der Waals surface area contributed by atoms with Crippen molar-refractivity contribution in [3.05, 3.63) is 35.9 Å². The molecule has 1 amide bonds. The smallest absolute Gasteiger partial charge is 0.326 e. The van der Waals surface area contributed by atoms with E-state index in [9.17, 15) is 9.59 Å². The molecule has 2 rings (SSSR count). The van der Waals surface area contributed by atoms with Crippen molar-refractivity contribution in [1.82, 2.24) is 5.32 Å². The molecule has 20 heavy (non-hydrogen) atoms. The van der Waals surface area contributed by atoms with Crippen molar-refractivity contribution in [3.63, 3.8) is 0 Å². The third-order valence-corrected chi connectivity index (χ3v) is 3.46. The monoisotopic (exact) mass is 277 g/mol. The number of aliphatic carboxylic acids is 1. The predicted octanol–water partition coefficient (Wildman–Crippen LogP) is 1.74. The number of methoxy groups -OCH3 is 1. The van der Waals surface area contributed by atoms with E-state index in [4.69, 9.17) is 9.84 Å². The maximum atomic E-state index is 12.2. The molecular weight excluding hydrogens is 258 g/mol. The SMILES string of the molecule is COC(C(=O)NC(CC1CC1)C(=O)O)c1ccccc1. The van der Waals surface area contributed by atoms with E-state index in [1.54, 1.807) is 12.1 Å². The number of rotatable bonds is 7. The van der Waals surface area contributed by atoms with E-state index in [-0.39, 0.29) is 0 Å². The second kappa shape index (κ2) is 6.52. The van der Waals surface area contributed by atoms with Gasteiger partial charge in [0.15, 0.2) is 6.10 Å². The minimum absolute atomic E-state index is 0.410. The van der Waals surface area contributed by atoms with Crippen molar-refractivity contribution >= 4 is 11.9 Å². The van der Waals surface area contributed by atoms with Gasteiger partial charge in [-0.1, -0.05) is 43.2 Å². The Balaban J connectivity index is 2.02. The van der Waals surface area contributed by atoms with Crippen LogP contribution in [0.5, 0.6) is 0 Å². The van der Waals surface area contributed by atoms with Crippen LogP contribution in [0, 0.1) is 5.92 Å². The van der Waals surface area contributed by atoms with Crippen molar-refractivity contribution in [2.75, 3.05) is 7.11 Å². The van der Waals surface area contributed by atoms with E-state index in [0.29, 0.717) is 17.9 Å². The van der Waals surface area contributed by atoms with Crippen LogP contribution in [0.3, 0.4) is 0 Å². The van der Waals surface area contributed by atoms with Crippen LogP contribution in [0.15, 0.2) is 30.3 Å². The molecule has 108 valence electrons. The summed E-state index contributed by atoms with van der Waals surface area (Å²) in [4.78, 5) is 23.4. The summed E-state index contributed by atoms with van der Waals surface area (Å²) >= 11 is 0. The van der Waals surface area contributed by atoms with Crippen molar-refractivity contribution in [1.29, 1.82) is 0 Å². The van der Waals surface area contributed by atoms with Gasteiger partial charge in [-0.3, -0.25) is 4.79 Å². The number of nitrogens with one attached hydrogen (secondary N) is 1. The number of carboxylic acid groups (broad SMARTS) is 1. The molecule has 1 aromatic carbocycles. The largest absolute Gasteiger partial charge is 0.480 e. The number of hydrogen-bond acceptors (Lipinski definition) is 3. The lowest BCUT2D eigenvalue weighted by atomic mass is 10.1. The standard InChI is InChI=1S/C15H19NO4/c1-20-13(11-5-3-2-4-6-11)14(17)16-12(15(18)19)9-10-7-8-10/h2-6,10,12-13H,7-9H2,1H3,(H,16,17)(H,18,19). The van der Waals surface area contributed by atoms with Gasteiger partial charge in [-0.05, 0) is 17.9 Å². The van der Waals surface area contributed by atoms with Gasteiger partial charge in [0.2, 0.25) is 0 Å². The fourth-order valence-corrected chi connectivity index (χ4v) is 2.18. The Labute approximate surface area is 117 Å². The van der Waals surface area contributed by atoms with Crippen LogP contribution >= 0.6 is 0 Å². The predicted molar refractivity (Wildman–Crippen MR) is 73.1 cm³/mol. The number of ether oxygens (including phenoxy) is 1. The topological polar surface area (TPSA) is 75.6 Å². The average molecular weight is 277 g/mol. The van der Waals surface area contributed by atoms with Gasteiger partial charge in [-0.25, -0.2) is 4.79 Å². The maximum Gasteiger partial charge on any atom is 0.326 e. The summed E-state index contributed by atoms with van der Waals surface area (Å²) in [6.07, 6.45) is 1.81. The molecule has 2 unspecified atom stereocenters. The van der Waals surface area contributed by atoms with Gasteiger partial charge >= 0.3 is 5.97 Å². The Hall–Kier alpha value is -1.88. The van der Waals surface area contributed by atoms with Gasteiger partial charge < -0.3 is 15.2 Å². The fourth-order valence-electron chi connectivity index (χ4n) is 2.18. The number of carboxylic acids is 1. The number of benzene rings is 1. The number of carbonyl (C=O) groups is 2. The fraction of sp³-hybridized carbons (Fsp3) is 0.467. The van der Waals surface area contributed by atoms with Crippen molar-refractivity contribution in [3.8, 4) is 0 Å². The summed E-state index contributed by atoms with van der Waals surface area (Å²) < 4.78 is 5.19. The van der Waals surface area contributed by atoms with Gasteiger partial charge in [0.05, 0.1) is 0 Å². The average Bonchev–Trinajstić information content (AvgIpc) is 3.24. The molecule has 0 radical (unpaired) electrons. The van der Waals surface area contributed by atoms with Crippen molar-refractivity contribution < 1.29 is 19.4 Å². The van der Waals surface area contributed by atoms with Crippen LogP contribution in [-0.2, 0) is 14.3 Å². The number of carbonyl (C=O) groups excluding carboxylic acids is 1. The molecule has 0 heterocycles. The molecule has 1 aliphatic carbocycles. The molecule has 0 aliphatic heterocycles. The molecule has 2 N–H and O–H groups in total. The number of amides is 1. The lowest BCUT2D eigenvalue weighted by Gasteiger charge is -2.19. The first-order valence-corrected chi connectivity index (χ1v) is 6.72. The lowest BCUT2D eigenvalue weighted by Crippen LogP contribution is -2.43. The van der Waals surface area contributed by atoms with Crippen molar-refractivity contribution in [2.24, 2.45) is 5.92 Å². The van der Waals surface area contributed by atoms with Crippen LogP contribution in [0.1, 0.15) is 30.9 Å². The molecule has 0 bridgehead atoms. The molecule has 1 fully saturated rings. The van der Waals surface area contributed by atoms with E-state index in [2.05, 4.69) is 5.32 Å². The van der Waals surface area contributed by atoms with Gasteiger partial charge in [-0.15, -0.1) is 0 Å². The highest BCUT2D eigenvalue weighted by molar-refractivity contribution is 5.87. The molecule has 5 nitrogen and oxygen atoms in total. The minimum atomic E-state index is -0.992. The van der Waals surface area contributed by atoms with Gasteiger partial charge in [-0.2, -0.15) is 0 Å². The molecule has 0 spiro atoms. The zero-order valence-electron chi connectivity index (χ0n) is 11.4. The highest BCUT2D eigenvalue weighted by Gasteiger charge is 2.32. The van der Waals surface area contributed by atoms with E-state index in [1.807, 2.05) is 18.2 Å². The summed E-state index contributed by atoms with van der Waals surface area (Å²) in [6.45, 7) is 0. The second-order valence-corrected chi connectivity index (χ2v) is 5.10. The second-order valence-electron chi connectivity index (χ2n) is 5.10. The Kier molecular flexibility index (Phi) is 4.74. The normalized spacial score (nSPS) is 17.2. The van der Waals surface area contributed by atoms with Crippen LogP contribution in [0.25, 0.3) is 0 Å². The zero-order chi connectivity index (χ0) is 14.5. The first-order chi connectivity index (χ1) is 9.61. The van der Waals surface area contributed by atoms with Crippen LogP contribution < -0.4 is 5.32 Å². The maximum absolute atomic E-state index is 12.2. The van der Waals surface area contributed by atoms with Gasteiger partial charge in [0.25, 0.3) is 5.91 Å². The van der Waals surface area contributed by atoms with E-state index >= 15 is 0 Å². The third-order valence-electron chi connectivity index (χ3n) is 3.46. The Morgan fingerprint density at radius 2 is 2.00 bits per heavy atom. The Bertz CT molecular complexity index is 470. The van der Waals surface area contributed by atoms with Crippen molar-refractivity contribution in [2.45, 2.75) is 31.4 Å². The molecule has 2 atom stereocenters. The Morgan fingerprint density at radius 1 is 1.35 bits per heavy atom. The van der Waals surface area contributed by atoms with E-state index in [1.165, 1.54) is 7.11 Å². The zero-order valence-corrected chi connectivity index (χ0v) is 11.4. The summed E-state index contributed by atoms with van der Waals surface area (Å²) in [5.41, 5.74) is 0.711. The molecule has 1 aliphatic rings. The molecule has 1 saturated carbocycles. The minimum Gasteiger partial charge on any atom is -0.480 e. The highest BCUT2D eigenvalue weighted by atomic mass is 16.5. The summed E-state index contributed by atoms with van der Waals surface area (Å²) in [5, 5.41) is 11.7. The van der Waals surface area contributed by atoms with Crippen LogP contribution in [0.4, 0.5) is 0 Å². The summed E-state index contributed by atoms with van der Waals surface area (Å²) in [6, 6.07) is 8.20. The van der Waals surface area contributed by atoms with Gasteiger partial charge in [0, 0.05) is 7.11 Å². The van der Waals surface area contributed by atoms with Crippen LogP contribution in [0.2, 0.25) is 0 Å². The molecule has 5 heteroatoms. The third kappa shape index (κ3) is 3.81. The summed E-state index contributed by atoms with van der Waals surface area (Å²) in [5.74, 6) is -0.978. The Morgan fingerprint density at radius 3 is 2.50 bits per heavy atom. The molecular formula is C15H19NO4. The molecule has 1 aromatic rings. The lowest BCUT2D eigenvalue weighted by molar-refractivity contribution is -0.144. The molecule has 0 saturated heterocycles. The molecule has 0 aromatic heterocycles. The quantitative estimate of drug-likeness (QED) is 0.796. The first-order valence-electron chi connectivity index (χ1n) is 6.72. The van der Waals surface area contributed by atoms with E-state index in [0.717, 1.165) is 12.8 Å². The van der Waals surface area contributed by atoms with E-state index < -0.39 is 24.0 Å².